The Morgan fingerprint density at radius 3 is 2.61 bits per heavy atom. The van der Waals surface area contributed by atoms with Gasteiger partial charge in [-0.05, 0) is 19.1 Å². The Bertz CT molecular complexity index is 461. The van der Waals surface area contributed by atoms with Gasteiger partial charge >= 0.3 is 5.97 Å². The maximum absolute atomic E-state index is 11.8. The highest BCUT2D eigenvalue weighted by Gasteiger charge is 2.53. The van der Waals surface area contributed by atoms with Crippen LogP contribution in [0.2, 0.25) is 0 Å². The summed E-state index contributed by atoms with van der Waals surface area (Å²) >= 11 is 0. The number of amides is 1. The summed E-state index contributed by atoms with van der Waals surface area (Å²) < 4.78 is 10.2. The summed E-state index contributed by atoms with van der Waals surface area (Å²) in [5.41, 5.74) is -1.40. The van der Waals surface area contributed by atoms with E-state index in [0.717, 1.165) is 11.5 Å². The van der Waals surface area contributed by atoms with Gasteiger partial charge in [0.1, 0.15) is 11.5 Å². The molecule has 1 amide bonds. The maximum Gasteiger partial charge on any atom is 0.324 e. The molecule has 0 saturated carbocycles. The lowest BCUT2D eigenvalue weighted by atomic mass is 9.85. The first kappa shape index (κ1) is 12.6. The van der Waals surface area contributed by atoms with Crippen molar-refractivity contribution in [2.45, 2.75) is 13.3 Å². The average molecular weight is 253 g/mol. The quantitative estimate of drug-likeness (QED) is 0.739. The second-order valence-electron chi connectivity index (χ2n) is 4.40. The topological polar surface area (TPSA) is 88.8 Å². The molecule has 2 heterocycles. The third-order valence-corrected chi connectivity index (χ3v) is 2.99. The summed E-state index contributed by atoms with van der Waals surface area (Å²) in [6.07, 6.45) is 0.538. The van der Waals surface area contributed by atoms with Crippen molar-refractivity contribution >= 4 is 11.9 Å². The summed E-state index contributed by atoms with van der Waals surface area (Å²) in [4.78, 5) is 22.8. The van der Waals surface area contributed by atoms with Gasteiger partial charge in [-0.15, -0.1) is 0 Å². The van der Waals surface area contributed by atoms with Crippen LogP contribution in [-0.2, 0) is 20.7 Å². The third kappa shape index (κ3) is 2.24. The maximum atomic E-state index is 11.8. The molecular weight excluding hydrogens is 238 g/mol. The van der Waals surface area contributed by atoms with Crippen LogP contribution in [0.25, 0.3) is 0 Å². The lowest BCUT2D eigenvalue weighted by molar-refractivity contribution is -0.185. The van der Waals surface area contributed by atoms with Crippen molar-refractivity contribution in [3.63, 3.8) is 0 Å². The monoisotopic (exact) mass is 253 g/mol. The summed E-state index contributed by atoms with van der Waals surface area (Å²) in [5, 5.41) is 11.6. The lowest BCUT2D eigenvalue weighted by Crippen LogP contribution is -2.59. The molecule has 0 radical (unpaired) electrons. The number of aliphatic carboxylic acids is 1. The molecular formula is C12H15NO5. The molecule has 0 spiro atoms. The molecule has 18 heavy (non-hydrogen) atoms. The first-order chi connectivity index (χ1) is 8.54. The van der Waals surface area contributed by atoms with E-state index in [4.69, 9.17) is 14.3 Å². The molecule has 1 aromatic rings. The van der Waals surface area contributed by atoms with E-state index in [9.17, 15) is 9.59 Å². The molecule has 1 fully saturated rings. The number of ether oxygens (including phenoxy) is 1. The van der Waals surface area contributed by atoms with Gasteiger partial charge in [0.05, 0.1) is 13.2 Å². The molecule has 0 bridgehead atoms. The average Bonchev–Trinajstić information content (AvgIpc) is 2.61. The largest absolute Gasteiger partial charge is 0.480 e. The van der Waals surface area contributed by atoms with Crippen LogP contribution in [0.15, 0.2) is 16.5 Å². The lowest BCUT2D eigenvalue weighted by Gasteiger charge is -2.35. The number of hydrogen-bond acceptors (Lipinski definition) is 4. The molecule has 2 N–H and O–H groups in total. The number of hydrogen-bond donors (Lipinski definition) is 2. The minimum absolute atomic E-state index is 0.0615. The van der Waals surface area contributed by atoms with Gasteiger partial charge in [0.25, 0.3) is 0 Å². The van der Waals surface area contributed by atoms with Crippen LogP contribution >= 0.6 is 0 Å². The van der Waals surface area contributed by atoms with Crippen molar-refractivity contribution in [1.82, 2.24) is 5.32 Å². The summed E-state index contributed by atoms with van der Waals surface area (Å²) in [6, 6.07) is 3.68. The Morgan fingerprint density at radius 2 is 2.17 bits per heavy atom. The molecule has 2 rings (SSSR count). The van der Waals surface area contributed by atoms with Crippen LogP contribution in [0.4, 0.5) is 0 Å². The van der Waals surface area contributed by atoms with E-state index in [0.29, 0.717) is 13.0 Å². The van der Waals surface area contributed by atoms with Gasteiger partial charge in [-0.1, -0.05) is 0 Å². The van der Waals surface area contributed by atoms with Gasteiger partial charge in [-0.3, -0.25) is 9.59 Å². The fourth-order valence-corrected chi connectivity index (χ4v) is 1.75. The number of rotatable bonds is 5. The molecule has 0 aromatic carbocycles. The first-order valence-electron chi connectivity index (χ1n) is 5.69. The number of carbonyl (C=O) groups excluding carboxylic acids is 1. The van der Waals surface area contributed by atoms with Crippen LogP contribution in [0.3, 0.4) is 0 Å². The van der Waals surface area contributed by atoms with E-state index in [-0.39, 0.29) is 13.2 Å². The standard InChI is InChI=1S/C12H15NO5/c1-8-2-3-9(18-8)4-5-13-10(14)12(11(15)16)6-17-7-12/h2-3H,4-7H2,1H3,(H,13,14)(H,15,16). The molecule has 98 valence electrons. The number of carboxylic acid groups (broad SMARTS) is 1. The number of nitrogens with one attached hydrogen (secondary N) is 1. The predicted octanol–water partition coefficient (Wildman–Crippen LogP) is 0.348. The van der Waals surface area contributed by atoms with Crippen molar-refractivity contribution in [2.24, 2.45) is 5.41 Å². The zero-order chi connectivity index (χ0) is 13.2. The summed E-state index contributed by atoms with van der Waals surface area (Å²) in [6.45, 7) is 2.07. The Kier molecular flexibility index (Phi) is 3.38. The molecule has 1 aromatic heterocycles. The Morgan fingerprint density at radius 1 is 1.44 bits per heavy atom. The molecule has 1 saturated heterocycles. The van der Waals surface area contributed by atoms with Crippen molar-refractivity contribution in [3.05, 3.63) is 23.7 Å². The number of aryl methyl sites for hydroxylation is 1. The van der Waals surface area contributed by atoms with E-state index in [1.807, 2.05) is 19.1 Å². The van der Waals surface area contributed by atoms with Crippen LogP contribution in [0.1, 0.15) is 11.5 Å². The fourth-order valence-electron chi connectivity index (χ4n) is 1.75. The highest BCUT2D eigenvalue weighted by molar-refractivity contribution is 6.03. The first-order valence-corrected chi connectivity index (χ1v) is 5.69. The van der Waals surface area contributed by atoms with Crippen molar-refractivity contribution in [3.8, 4) is 0 Å². The highest BCUT2D eigenvalue weighted by atomic mass is 16.5. The van der Waals surface area contributed by atoms with Crippen molar-refractivity contribution in [1.29, 1.82) is 0 Å². The van der Waals surface area contributed by atoms with E-state index in [2.05, 4.69) is 5.32 Å². The van der Waals surface area contributed by atoms with E-state index in [1.165, 1.54) is 0 Å². The molecule has 6 nitrogen and oxygen atoms in total. The van der Waals surface area contributed by atoms with Gasteiger partial charge in [-0.25, -0.2) is 0 Å². The van der Waals surface area contributed by atoms with Crippen molar-refractivity contribution < 1.29 is 23.8 Å². The second-order valence-corrected chi connectivity index (χ2v) is 4.40. The number of carboxylic acids is 1. The van der Waals surface area contributed by atoms with Crippen molar-refractivity contribution in [2.75, 3.05) is 19.8 Å². The molecule has 1 aliphatic rings. The zero-order valence-corrected chi connectivity index (χ0v) is 10.1. The molecule has 0 atom stereocenters. The minimum Gasteiger partial charge on any atom is -0.480 e. The minimum atomic E-state index is -1.40. The number of carbonyl (C=O) groups is 2. The fraction of sp³-hybridized carbons (Fsp3) is 0.500. The van der Waals surface area contributed by atoms with E-state index >= 15 is 0 Å². The Hall–Kier alpha value is -1.82. The number of furan rings is 1. The Labute approximate surface area is 104 Å². The summed E-state index contributed by atoms with van der Waals surface area (Å²) in [5.74, 6) is -0.0580. The van der Waals surface area contributed by atoms with E-state index in [1.54, 1.807) is 0 Å². The Balaban J connectivity index is 1.83. The van der Waals surface area contributed by atoms with Crippen LogP contribution in [-0.4, -0.2) is 36.7 Å². The van der Waals surface area contributed by atoms with E-state index < -0.39 is 17.3 Å². The second kappa shape index (κ2) is 4.81. The van der Waals surface area contributed by atoms with Crippen LogP contribution < -0.4 is 5.32 Å². The summed E-state index contributed by atoms with van der Waals surface area (Å²) in [7, 11) is 0. The molecule has 6 heteroatoms. The van der Waals surface area contributed by atoms with Crippen LogP contribution in [0, 0.1) is 12.3 Å². The van der Waals surface area contributed by atoms with Gasteiger partial charge in [0, 0.05) is 13.0 Å². The predicted molar refractivity (Wildman–Crippen MR) is 61.0 cm³/mol. The SMILES string of the molecule is Cc1ccc(CCNC(=O)C2(C(=O)O)COC2)o1. The molecule has 0 unspecified atom stereocenters. The zero-order valence-electron chi connectivity index (χ0n) is 10.1. The highest BCUT2D eigenvalue weighted by Crippen LogP contribution is 2.27. The smallest absolute Gasteiger partial charge is 0.324 e. The van der Waals surface area contributed by atoms with Crippen LogP contribution in [0.5, 0.6) is 0 Å². The molecule has 0 aliphatic carbocycles. The normalized spacial score (nSPS) is 16.9. The van der Waals surface area contributed by atoms with Gasteiger partial charge in [0.2, 0.25) is 5.91 Å². The van der Waals surface area contributed by atoms with Gasteiger partial charge in [0.15, 0.2) is 5.41 Å². The van der Waals surface area contributed by atoms with Gasteiger partial charge < -0.3 is 19.6 Å². The third-order valence-electron chi connectivity index (χ3n) is 2.99. The van der Waals surface area contributed by atoms with Gasteiger partial charge in [-0.2, -0.15) is 0 Å². The molecule has 1 aliphatic heterocycles.